The molecule has 1 aliphatic rings. The summed E-state index contributed by atoms with van der Waals surface area (Å²) in [6.07, 6.45) is 1.39. The standard InChI is InChI=1S/C25H20N4O9S/c1-3-38-25(32)20-18(14-7-5-9-16(12-14)29(35)36)19(24(31)37-2)21(26)27-22(30)17(39-23(20)27)11-13-6-4-8-15(10-13)28(33)34/h4-12,18H,3,26H2,1-2H3. The van der Waals surface area contributed by atoms with Crippen molar-refractivity contribution < 1.29 is 28.9 Å². The number of aromatic nitrogens is 1. The van der Waals surface area contributed by atoms with Crippen LogP contribution in [0, 0.1) is 20.2 Å². The molecule has 200 valence electrons. The maximum atomic E-state index is 13.5. The van der Waals surface area contributed by atoms with Crippen LogP contribution in [0.25, 0.3) is 17.5 Å². The van der Waals surface area contributed by atoms with Crippen molar-refractivity contribution in [3.8, 4) is 0 Å². The summed E-state index contributed by atoms with van der Waals surface area (Å²) in [7, 11) is 1.09. The molecule has 1 aliphatic heterocycles. The molecule has 14 heteroatoms. The quantitative estimate of drug-likeness (QED) is 0.255. The van der Waals surface area contributed by atoms with Gasteiger partial charge >= 0.3 is 11.9 Å². The minimum absolute atomic E-state index is 0.0387. The zero-order valence-corrected chi connectivity index (χ0v) is 21.3. The average molecular weight is 553 g/mol. The second-order valence-corrected chi connectivity index (χ2v) is 9.15. The van der Waals surface area contributed by atoms with Gasteiger partial charge in [-0.2, -0.15) is 0 Å². The smallest absolute Gasteiger partial charge is 0.338 e. The number of ether oxygens (including phenoxy) is 2. The van der Waals surface area contributed by atoms with Crippen LogP contribution in [0.15, 0.2) is 58.9 Å². The second-order valence-electron chi connectivity index (χ2n) is 8.12. The third-order valence-corrected chi connectivity index (χ3v) is 6.95. The lowest BCUT2D eigenvalue weighted by molar-refractivity contribution is -0.385. The van der Waals surface area contributed by atoms with Gasteiger partial charge in [-0.25, -0.2) is 9.59 Å². The molecule has 0 amide bonds. The van der Waals surface area contributed by atoms with Gasteiger partial charge in [-0.05, 0) is 24.1 Å². The largest absolute Gasteiger partial charge is 0.466 e. The molecule has 1 aromatic heterocycles. The Morgan fingerprint density at radius 2 is 1.69 bits per heavy atom. The van der Waals surface area contributed by atoms with Gasteiger partial charge in [0, 0.05) is 24.3 Å². The van der Waals surface area contributed by atoms with Crippen molar-refractivity contribution in [2.75, 3.05) is 13.7 Å². The number of non-ortho nitro benzene ring substituents is 2. The first-order chi connectivity index (χ1) is 18.6. The molecule has 13 nitrogen and oxygen atoms in total. The Morgan fingerprint density at radius 3 is 2.31 bits per heavy atom. The van der Waals surface area contributed by atoms with Gasteiger partial charge in [-0.1, -0.05) is 24.3 Å². The number of nitrogens with zero attached hydrogens (tertiary/aromatic N) is 3. The molecule has 39 heavy (non-hydrogen) atoms. The monoisotopic (exact) mass is 552 g/mol. The maximum absolute atomic E-state index is 13.5. The van der Waals surface area contributed by atoms with Gasteiger partial charge < -0.3 is 15.2 Å². The van der Waals surface area contributed by atoms with Crippen molar-refractivity contribution in [2.45, 2.75) is 12.8 Å². The minimum atomic E-state index is -1.26. The fourth-order valence-corrected chi connectivity index (χ4v) is 5.36. The average Bonchev–Trinajstić information content (AvgIpc) is 3.23. The Kier molecular flexibility index (Phi) is 7.40. The van der Waals surface area contributed by atoms with Crippen molar-refractivity contribution >= 4 is 52.1 Å². The summed E-state index contributed by atoms with van der Waals surface area (Å²) in [6, 6.07) is 10.9. The molecule has 1 atom stereocenters. The van der Waals surface area contributed by atoms with Crippen molar-refractivity contribution in [3.05, 3.63) is 105 Å². The number of hydrogen-bond acceptors (Lipinski definition) is 11. The highest BCUT2D eigenvalue weighted by Crippen LogP contribution is 2.38. The van der Waals surface area contributed by atoms with Gasteiger partial charge in [0.05, 0.1) is 45.2 Å². The zero-order valence-electron chi connectivity index (χ0n) is 20.5. The summed E-state index contributed by atoms with van der Waals surface area (Å²) in [5.74, 6) is -3.43. The van der Waals surface area contributed by atoms with Crippen LogP contribution in [0.5, 0.6) is 0 Å². The number of methoxy groups -OCH3 is 1. The molecule has 2 aromatic carbocycles. The summed E-state index contributed by atoms with van der Waals surface area (Å²) in [5.41, 5.74) is 5.24. The first kappa shape index (κ1) is 26.9. The van der Waals surface area contributed by atoms with Gasteiger partial charge in [0.25, 0.3) is 16.9 Å². The predicted molar refractivity (Wildman–Crippen MR) is 140 cm³/mol. The van der Waals surface area contributed by atoms with Crippen LogP contribution in [0.1, 0.15) is 24.0 Å². The molecule has 4 rings (SSSR count). The van der Waals surface area contributed by atoms with Crippen LogP contribution < -0.4 is 20.5 Å². The summed E-state index contributed by atoms with van der Waals surface area (Å²) < 4.78 is 11.2. The lowest BCUT2D eigenvalue weighted by atomic mass is 9.83. The van der Waals surface area contributed by atoms with Crippen molar-refractivity contribution in [1.82, 2.24) is 4.57 Å². The van der Waals surface area contributed by atoms with Crippen molar-refractivity contribution in [2.24, 2.45) is 5.73 Å². The normalized spacial score (nSPS) is 15.1. The molecule has 0 saturated heterocycles. The Balaban J connectivity index is 2.12. The lowest BCUT2D eigenvalue weighted by Crippen LogP contribution is -2.41. The molecule has 0 fully saturated rings. The molecular formula is C25H20N4O9S. The van der Waals surface area contributed by atoms with Crippen LogP contribution in [-0.2, 0) is 19.1 Å². The molecule has 3 aromatic rings. The van der Waals surface area contributed by atoms with Crippen LogP contribution in [0.2, 0.25) is 0 Å². The van der Waals surface area contributed by atoms with E-state index in [1.807, 2.05) is 0 Å². The maximum Gasteiger partial charge on any atom is 0.338 e. The van der Waals surface area contributed by atoms with E-state index in [2.05, 4.69) is 0 Å². The number of nitrogens with two attached hydrogens (primary N) is 1. The summed E-state index contributed by atoms with van der Waals surface area (Å²) >= 11 is 0.854. The summed E-state index contributed by atoms with van der Waals surface area (Å²) in [5, 5.41) is 22.6. The molecule has 0 bridgehead atoms. The lowest BCUT2D eigenvalue weighted by Gasteiger charge is -2.26. The summed E-state index contributed by atoms with van der Waals surface area (Å²) in [6.45, 7) is 1.52. The van der Waals surface area contributed by atoms with E-state index in [1.54, 1.807) is 13.0 Å². The zero-order chi connectivity index (χ0) is 28.4. The SMILES string of the molecule is CCOC(=O)C1=c2sc(=Cc3cccc([N+](=O)[O-])c3)c(=O)n2C(N)=C(C(=O)OC)C1c1cccc([N+](=O)[O-])c1. The van der Waals surface area contributed by atoms with E-state index in [9.17, 15) is 34.6 Å². The van der Waals surface area contributed by atoms with Gasteiger partial charge in [0.2, 0.25) is 0 Å². The van der Waals surface area contributed by atoms with E-state index in [0.29, 0.717) is 5.56 Å². The van der Waals surface area contributed by atoms with Gasteiger partial charge in [-0.15, -0.1) is 11.3 Å². The number of carbonyl (C=O) groups is 2. The van der Waals surface area contributed by atoms with E-state index in [4.69, 9.17) is 15.2 Å². The third-order valence-electron chi connectivity index (χ3n) is 5.84. The first-order valence-corrected chi connectivity index (χ1v) is 12.1. The highest BCUT2D eigenvalue weighted by Gasteiger charge is 2.40. The Labute approximate surface area is 223 Å². The Morgan fingerprint density at radius 1 is 1.05 bits per heavy atom. The number of hydrogen-bond donors (Lipinski definition) is 1. The van der Waals surface area contributed by atoms with Crippen LogP contribution in [0.4, 0.5) is 11.4 Å². The molecular weight excluding hydrogens is 532 g/mol. The second kappa shape index (κ2) is 10.7. The van der Waals surface area contributed by atoms with E-state index in [0.717, 1.165) is 23.0 Å². The Bertz CT molecular complexity index is 1750. The topological polar surface area (TPSA) is 187 Å². The molecule has 1 unspecified atom stereocenters. The van der Waals surface area contributed by atoms with E-state index in [-0.39, 0.29) is 49.7 Å². The van der Waals surface area contributed by atoms with Gasteiger partial charge in [-0.3, -0.25) is 29.6 Å². The molecule has 0 radical (unpaired) electrons. The number of rotatable bonds is 7. The molecule has 0 aliphatic carbocycles. The van der Waals surface area contributed by atoms with Crippen LogP contribution in [-0.4, -0.2) is 40.1 Å². The number of nitro groups is 2. The number of thiazole rings is 1. The Hall–Kier alpha value is -5.11. The molecule has 0 spiro atoms. The highest BCUT2D eigenvalue weighted by molar-refractivity contribution is 7.07. The number of benzene rings is 2. The van der Waals surface area contributed by atoms with Crippen LogP contribution >= 0.6 is 11.3 Å². The van der Waals surface area contributed by atoms with Gasteiger partial charge in [0.15, 0.2) is 0 Å². The van der Waals surface area contributed by atoms with E-state index in [1.165, 1.54) is 48.5 Å². The molecule has 2 N–H and O–H groups in total. The van der Waals surface area contributed by atoms with E-state index < -0.39 is 33.3 Å². The predicted octanol–water partition coefficient (Wildman–Crippen LogP) is 1.37. The fraction of sp³-hybridized carbons (Fsp3) is 0.160. The third kappa shape index (κ3) is 4.92. The summed E-state index contributed by atoms with van der Waals surface area (Å²) in [4.78, 5) is 61.2. The van der Waals surface area contributed by atoms with Crippen molar-refractivity contribution in [1.29, 1.82) is 0 Å². The van der Waals surface area contributed by atoms with Crippen molar-refractivity contribution in [3.63, 3.8) is 0 Å². The molecule has 0 saturated carbocycles. The minimum Gasteiger partial charge on any atom is -0.466 e. The van der Waals surface area contributed by atoms with E-state index >= 15 is 0 Å². The first-order valence-electron chi connectivity index (χ1n) is 11.3. The fourth-order valence-electron chi connectivity index (χ4n) is 4.19. The highest BCUT2D eigenvalue weighted by atomic mass is 32.1. The molecule has 2 heterocycles. The number of fused-ring (bicyclic) bond motifs is 1. The van der Waals surface area contributed by atoms with Gasteiger partial charge in [0.1, 0.15) is 10.5 Å². The van der Waals surface area contributed by atoms with Crippen LogP contribution in [0.3, 0.4) is 0 Å². The number of carbonyl (C=O) groups excluding carboxylic acids is 2. The number of esters is 2. The number of nitro benzene ring substituents is 2.